The highest BCUT2D eigenvalue weighted by molar-refractivity contribution is 7.20. The van der Waals surface area contributed by atoms with Crippen LogP contribution >= 0.6 is 11.3 Å². The zero-order valence-electron chi connectivity index (χ0n) is 14.7. The van der Waals surface area contributed by atoms with Gasteiger partial charge in [-0.05, 0) is 30.7 Å². The smallest absolute Gasteiger partial charge is 0.291 e. The van der Waals surface area contributed by atoms with E-state index in [2.05, 4.69) is 29.2 Å². The van der Waals surface area contributed by atoms with Crippen molar-refractivity contribution in [2.75, 3.05) is 7.11 Å². The second-order valence-electron chi connectivity index (χ2n) is 6.19. The van der Waals surface area contributed by atoms with Gasteiger partial charge in [0.2, 0.25) is 0 Å². The first-order valence-corrected chi connectivity index (χ1v) is 9.16. The Morgan fingerprint density at radius 1 is 1.35 bits per heavy atom. The van der Waals surface area contributed by atoms with E-state index in [1.807, 2.05) is 24.3 Å². The van der Waals surface area contributed by atoms with E-state index in [9.17, 15) is 4.79 Å². The van der Waals surface area contributed by atoms with Crippen molar-refractivity contribution in [2.45, 2.75) is 20.0 Å². The Balaban J connectivity index is 1.98. The number of rotatable bonds is 5. The van der Waals surface area contributed by atoms with Gasteiger partial charge in [-0.2, -0.15) is 5.10 Å². The van der Waals surface area contributed by atoms with E-state index >= 15 is 0 Å². The van der Waals surface area contributed by atoms with Gasteiger partial charge in [0.15, 0.2) is 0 Å². The Labute approximate surface area is 154 Å². The van der Waals surface area contributed by atoms with Crippen molar-refractivity contribution in [1.29, 1.82) is 0 Å². The SMILES string of the molecule is C=CCn1ncc2c3sc(C)cc3n(Cc3cccc(OC)c3)c2c1=O. The third-order valence-corrected chi connectivity index (χ3v) is 5.51. The molecule has 0 saturated carbocycles. The van der Waals surface area contributed by atoms with E-state index in [0.29, 0.717) is 18.6 Å². The minimum absolute atomic E-state index is 0.0913. The first-order valence-electron chi connectivity index (χ1n) is 8.34. The van der Waals surface area contributed by atoms with Crippen molar-refractivity contribution >= 4 is 32.5 Å². The van der Waals surface area contributed by atoms with Crippen LogP contribution in [0.4, 0.5) is 0 Å². The summed E-state index contributed by atoms with van der Waals surface area (Å²) in [7, 11) is 1.66. The van der Waals surface area contributed by atoms with Crippen molar-refractivity contribution in [2.24, 2.45) is 0 Å². The van der Waals surface area contributed by atoms with Crippen LogP contribution in [0.2, 0.25) is 0 Å². The Morgan fingerprint density at radius 3 is 2.96 bits per heavy atom. The molecule has 132 valence electrons. The molecule has 0 radical (unpaired) electrons. The number of allylic oxidation sites excluding steroid dienone is 1. The molecule has 0 aliphatic carbocycles. The van der Waals surface area contributed by atoms with Crippen molar-refractivity contribution < 1.29 is 4.74 Å². The first-order chi connectivity index (χ1) is 12.6. The van der Waals surface area contributed by atoms with Crippen molar-refractivity contribution in [3.8, 4) is 5.75 Å². The fourth-order valence-electron chi connectivity index (χ4n) is 3.29. The minimum atomic E-state index is -0.0913. The predicted molar refractivity (Wildman–Crippen MR) is 106 cm³/mol. The number of aryl methyl sites for hydroxylation is 1. The van der Waals surface area contributed by atoms with Crippen molar-refractivity contribution in [3.05, 3.63) is 70.0 Å². The zero-order chi connectivity index (χ0) is 18.3. The maximum Gasteiger partial charge on any atom is 0.291 e. The van der Waals surface area contributed by atoms with Gasteiger partial charge in [0, 0.05) is 16.8 Å². The molecule has 1 aromatic carbocycles. The summed E-state index contributed by atoms with van der Waals surface area (Å²) in [5.74, 6) is 0.808. The third kappa shape index (κ3) is 2.63. The molecule has 6 heteroatoms. The predicted octanol–water partition coefficient (Wildman–Crippen LogP) is 3.96. The fourth-order valence-corrected chi connectivity index (χ4v) is 4.32. The lowest BCUT2D eigenvalue weighted by molar-refractivity contribution is 0.414. The molecule has 3 heterocycles. The Hall–Kier alpha value is -2.86. The van der Waals surface area contributed by atoms with Crippen LogP contribution in [0.15, 0.2) is 54.0 Å². The second-order valence-corrected chi connectivity index (χ2v) is 7.45. The van der Waals surface area contributed by atoms with E-state index in [1.54, 1.807) is 30.7 Å². The van der Waals surface area contributed by atoms with Crippen LogP contribution in [0.5, 0.6) is 5.75 Å². The van der Waals surface area contributed by atoms with Gasteiger partial charge in [-0.15, -0.1) is 17.9 Å². The van der Waals surface area contributed by atoms with E-state index < -0.39 is 0 Å². The number of fused-ring (bicyclic) bond motifs is 3. The molecule has 26 heavy (non-hydrogen) atoms. The van der Waals surface area contributed by atoms with E-state index in [1.165, 1.54) is 9.56 Å². The highest BCUT2D eigenvalue weighted by Crippen LogP contribution is 2.34. The normalized spacial score (nSPS) is 11.3. The molecule has 0 fully saturated rings. The van der Waals surface area contributed by atoms with Crippen LogP contribution in [-0.4, -0.2) is 21.5 Å². The molecule has 5 nitrogen and oxygen atoms in total. The minimum Gasteiger partial charge on any atom is -0.497 e. The summed E-state index contributed by atoms with van der Waals surface area (Å²) in [4.78, 5) is 14.2. The van der Waals surface area contributed by atoms with Crippen LogP contribution in [-0.2, 0) is 13.1 Å². The molecule has 0 atom stereocenters. The first kappa shape index (κ1) is 16.6. The summed E-state index contributed by atoms with van der Waals surface area (Å²) in [5, 5.41) is 5.22. The average molecular weight is 365 g/mol. The summed E-state index contributed by atoms with van der Waals surface area (Å²) < 4.78 is 9.98. The monoisotopic (exact) mass is 365 g/mol. The molecule has 0 spiro atoms. The quantitative estimate of drug-likeness (QED) is 0.503. The van der Waals surface area contributed by atoms with Gasteiger partial charge >= 0.3 is 0 Å². The fraction of sp³-hybridized carbons (Fsp3) is 0.200. The topological polar surface area (TPSA) is 49.0 Å². The third-order valence-electron chi connectivity index (χ3n) is 4.44. The molecule has 3 aromatic heterocycles. The Bertz CT molecular complexity index is 1180. The molecule has 0 aliphatic heterocycles. The van der Waals surface area contributed by atoms with Crippen LogP contribution < -0.4 is 10.3 Å². The Morgan fingerprint density at radius 2 is 2.19 bits per heavy atom. The highest BCUT2D eigenvalue weighted by Gasteiger charge is 2.18. The van der Waals surface area contributed by atoms with Gasteiger partial charge < -0.3 is 9.30 Å². The molecule has 0 N–H and O–H groups in total. The van der Waals surface area contributed by atoms with Gasteiger partial charge in [0.1, 0.15) is 11.3 Å². The maximum atomic E-state index is 13.0. The van der Waals surface area contributed by atoms with Crippen LogP contribution in [0.1, 0.15) is 10.4 Å². The zero-order valence-corrected chi connectivity index (χ0v) is 15.5. The number of hydrogen-bond donors (Lipinski definition) is 0. The van der Waals surface area contributed by atoms with Gasteiger partial charge in [0.25, 0.3) is 5.56 Å². The maximum absolute atomic E-state index is 13.0. The number of thiophene rings is 1. The van der Waals surface area contributed by atoms with Gasteiger partial charge in [0.05, 0.1) is 30.1 Å². The molecule has 4 rings (SSSR count). The van der Waals surface area contributed by atoms with E-state index in [4.69, 9.17) is 4.74 Å². The van der Waals surface area contributed by atoms with E-state index in [-0.39, 0.29) is 5.56 Å². The molecule has 0 aliphatic rings. The van der Waals surface area contributed by atoms with Crippen molar-refractivity contribution in [1.82, 2.24) is 14.3 Å². The van der Waals surface area contributed by atoms with Crippen LogP contribution in [0, 0.1) is 6.92 Å². The summed E-state index contributed by atoms with van der Waals surface area (Å²) in [6.45, 7) is 6.79. The van der Waals surface area contributed by atoms with Crippen molar-refractivity contribution in [3.63, 3.8) is 0 Å². The lowest BCUT2D eigenvalue weighted by Gasteiger charge is -2.09. The molecule has 0 saturated heterocycles. The second kappa shape index (κ2) is 6.46. The van der Waals surface area contributed by atoms with Gasteiger partial charge in [-0.25, -0.2) is 4.68 Å². The molecule has 0 unspecified atom stereocenters. The highest BCUT2D eigenvalue weighted by atomic mass is 32.1. The molecule has 0 bridgehead atoms. The largest absolute Gasteiger partial charge is 0.497 e. The summed E-state index contributed by atoms with van der Waals surface area (Å²) in [5.41, 5.74) is 2.75. The number of hydrogen-bond acceptors (Lipinski definition) is 4. The van der Waals surface area contributed by atoms with Crippen LogP contribution in [0.25, 0.3) is 21.1 Å². The molecule has 0 amide bonds. The molecular formula is C20H19N3O2S. The number of methoxy groups -OCH3 is 1. The molecule has 4 aromatic rings. The number of ether oxygens (including phenoxy) is 1. The summed E-state index contributed by atoms with van der Waals surface area (Å²) in [6, 6.07) is 10.1. The molecular weight excluding hydrogens is 346 g/mol. The summed E-state index contributed by atoms with van der Waals surface area (Å²) >= 11 is 1.69. The summed E-state index contributed by atoms with van der Waals surface area (Å²) in [6.07, 6.45) is 3.47. The van der Waals surface area contributed by atoms with E-state index in [0.717, 1.165) is 26.9 Å². The standard InChI is InChI=1S/C20H19N3O2S/c1-4-8-23-20(24)18-16(11-21-23)19-17(9-13(2)26-19)22(18)12-14-6-5-7-15(10-14)25-3/h4-7,9-11H,1,8,12H2,2-3H3. The number of aromatic nitrogens is 3. The average Bonchev–Trinajstić information content (AvgIpc) is 3.15. The van der Waals surface area contributed by atoms with Gasteiger partial charge in [-0.1, -0.05) is 18.2 Å². The Kier molecular flexibility index (Phi) is 4.12. The number of benzene rings is 1. The lowest BCUT2D eigenvalue weighted by Crippen LogP contribution is -2.24. The van der Waals surface area contributed by atoms with Gasteiger partial charge in [-0.3, -0.25) is 4.79 Å². The number of nitrogens with zero attached hydrogens (tertiary/aromatic N) is 3. The lowest BCUT2D eigenvalue weighted by atomic mass is 10.2. The van der Waals surface area contributed by atoms with Crippen LogP contribution in [0.3, 0.4) is 0 Å².